The number of methoxy groups -OCH3 is 1. The van der Waals surface area contributed by atoms with Gasteiger partial charge < -0.3 is 20.1 Å². The van der Waals surface area contributed by atoms with Crippen LogP contribution in [0.25, 0.3) is 0 Å². The van der Waals surface area contributed by atoms with Crippen LogP contribution in [0.4, 0.5) is 10.5 Å². The fraction of sp³-hybridized carbons (Fsp3) is 0.429. The van der Waals surface area contributed by atoms with Crippen molar-refractivity contribution < 1.29 is 19.4 Å². The second-order valence-corrected chi connectivity index (χ2v) is 5.31. The van der Waals surface area contributed by atoms with Crippen molar-refractivity contribution in [2.24, 2.45) is 0 Å². The minimum absolute atomic E-state index is 0.00745. The summed E-state index contributed by atoms with van der Waals surface area (Å²) >= 11 is 5.86. The van der Waals surface area contributed by atoms with Gasteiger partial charge in [0.25, 0.3) is 0 Å². The molecular weight excluding hydrogens is 296 g/mol. The van der Waals surface area contributed by atoms with Crippen LogP contribution in [0.5, 0.6) is 0 Å². The molecule has 0 radical (unpaired) electrons. The number of anilines is 1. The number of piperidine rings is 1. The van der Waals surface area contributed by atoms with E-state index in [2.05, 4.69) is 5.32 Å². The van der Waals surface area contributed by atoms with E-state index >= 15 is 0 Å². The zero-order valence-corrected chi connectivity index (χ0v) is 12.4. The molecule has 0 saturated carbocycles. The van der Waals surface area contributed by atoms with E-state index in [1.54, 1.807) is 12.0 Å². The highest BCUT2D eigenvalue weighted by atomic mass is 35.5. The number of hydrogen-bond donors (Lipinski definition) is 2. The molecule has 1 saturated heterocycles. The fourth-order valence-corrected chi connectivity index (χ4v) is 2.49. The summed E-state index contributed by atoms with van der Waals surface area (Å²) in [6.45, 7) is 1.11. The minimum atomic E-state index is -1.12. The third-order valence-electron chi connectivity index (χ3n) is 3.45. The van der Waals surface area contributed by atoms with Gasteiger partial charge in [-0.15, -0.1) is 0 Å². The smallest absolute Gasteiger partial charge is 0.337 e. The molecule has 0 aromatic heterocycles. The highest BCUT2D eigenvalue weighted by molar-refractivity contribution is 6.31. The molecule has 1 fully saturated rings. The molecule has 21 heavy (non-hydrogen) atoms. The molecule has 114 valence electrons. The van der Waals surface area contributed by atoms with Crippen molar-refractivity contribution in [1.82, 2.24) is 4.90 Å². The van der Waals surface area contributed by atoms with Crippen molar-refractivity contribution in [1.29, 1.82) is 0 Å². The lowest BCUT2D eigenvalue weighted by molar-refractivity contribution is 0.0458. The molecule has 0 bridgehead atoms. The van der Waals surface area contributed by atoms with Crippen molar-refractivity contribution in [3.63, 3.8) is 0 Å². The van der Waals surface area contributed by atoms with Gasteiger partial charge in [0.05, 0.1) is 17.4 Å². The number of likely N-dealkylation sites (tertiary alicyclic amines) is 1. The number of nitrogens with one attached hydrogen (secondary N) is 1. The third kappa shape index (κ3) is 3.86. The molecule has 1 atom stereocenters. The number of rotatable bonds is 3. The predicted octanol–water partition coefficient (Wildman–Crippen LogP) is 2.68. The van der Waals surface area contributed by atoms with Gasteiger partial charge in [0, 0.05) is 25.2 Å². The molecule has 1 aromatic rings. The van der Waals surface area contributed by atoms with Crippen molar-refractivity contribution in [2.45, 2.75) is 18.9 Å². The number of nitrogens with zero attached hydrogens (tertiary/aromatic N) is 1. The van der Waals surface area contributed by atoms with E-state index in [9.17, 15) is 9.59 Å². The summed E-state index contributed by atoms with van der Waals surface area (Å²) < 4.78 is 5.27. The van der Waals surface area contributed by atoms with Crippen LogP contribution >= 0.6 is 11.6 Å². The van der Waals surface area contributed by atoms with Gasteiger partial charge in [-0.25, -0.2) is 9.59 Å². The number of halogens is 1. The molecule has 1 aliphatic heterocycles. The molecule has 0 aliphatic carbocycles. The maximum atomic E-state index is 12.2. The van der Waals surface area contributed by atoms with E-state index in [-0.39, 0.29) is 23.4 Å². The van der Waals surface area contributed by atoms with E-state index in [1.165, 1.54) is 18.2 Å². The molecular formula is C14H17ClN2O4. The topological polar surface area (TPSA) is 78.9 Å². The average molecular weight is 313 g/mol. The number of aromatic carboxylic acids is 1. The maximum Gasteiger partial charge on any atom is 0.337 e. The van der Waals surface area contributed by atoms with Gasteiger partial charge in [-0.3, -0.25) is 0 Å². The van der Waals surface area contributed by atoms with Crippen molar-refractivity contribution in [2.75, 3.05) is 25.5 Å². The molecule has 1 heterocycles. The summed E-state index contributed by atoms with van der Waals surface area (Å²) in [4.78, 5) is 25.0. The standard InChI is InChI=1S/C14H17ClN2O4/c1-21-10-3-2-6-17(8-10)14(20)16-12-7-9(15)4-5-11(12)13(18)19/h4-5,7,10H,2-3,6,8H2,1H3,(H,16,20)(H,18,19). The zero-order valence-electron chi connectivity index (χ0n) is 11.6. The Hall–Kier alpha value is -1.79. The molecule has 7 heteroatoms. The normalized spacial score (nSPS) is 18.4. The fourth-order valence-electron chi connectivity index (χ4n) is 2.32. The summed E-state index contributed by atoms with van der Waals surface area (Å²) in [6.07, 6.45) is 1.79. The Morgan fingerprint density at radius 3 is 2.90 bits per heavy atom. The van der Waals surface area contributed by atoms with Crippen LogP contribution in [0.2, 0.25) is 5.02 Å². The highest BCUT2D eigenvalue weighted by Crippen LogP contribution is 2.22. The summed E-state index contributed by atoms with van der Waals surface area (Å²) in [5, 5.41) is 12.1. The van der Waals surface area contributed by atoms with E-state index in [0.717, 1.165) is 12.8 Å². The number of benzene rings is 1. The van der Waals surface area contributed by atoms with Crippen molar-refractivity contribution in [3.8, 4) is 0 Å². The number of carbonyl (C=O) groups is 2. The van der Waals surface area contributed by atoms with Gasteiger partial charge in [0.1, 0.15) is 0 Å². The largest absolute Gasteiger partial charge is 0.478 e. The van der Waals surface area contributed by atoms with E-state index in [1.807, 2.05) is 0 Å². The first-order valence-corrected chi connectivity index (χ1v) is 7.00. The number of ether oxygens (including phenoxy) is 1. The molecule has 2 N–H and O–H groups in total. The van der Waals surface area contributed by atoms with Gasteiger partial charge in [0.15, 0.2) is 0 Å². The van der Waals surface area contributed by atoms with Gasteiger partial charge >= 0.3 is 12.0 Å². The highest BCUT2D eigenvalue weighted by Gasteiger charge is 2.24. The Morgan fingerprint density at radius 1 is 1.48 bits per heavy atom. The lowest BCUT2D eigenvalue weighted by Gasteiger charge is -2.32. The van der Waals surface area contributed by atoms with Crippen LogP contribution in [-0.4, -0.2) is 48.3 Å². The monoisotopic (exact) mass is 312 g/mol. The molecule has 2 rings (SSSR count). The molecule has 1 aromatic carbocycles. The van der Waals surface area contributed by atoms with E-state index < -0.39 is 5.97 Å². The molecule has 6 nitrogen and oxygen atoms in total. The first-order valence-electron chi connectivity index (χ1n) is 6.63. The van der Waals surface area contributed by atoms with E-state index in [0.29, 0.717) is 18.1 Å². The number of amides is 2. The Bertz CT molecular complexity index is 550. The maximum absolute atomic E-state index is 12.2. The van der Waals surface area contributed by atoms with Crippen LogP contribution in [0.15, 0.2) is 18.2 Å². The number of hydrogen-bond acceptors (Lipinski definition) is 3. The first-order chi connectivity index (χ1) is 10.0. The van der Waals surface area contributed by atoms with Gasteiger partial charge in [-0.1, -0.05) is 11.6 Å². The van der Waals surface area contributed by atoms with Crippen molar-refractivity contribution >= 4 is 29.3 Å². The number of carboxylic acids is 1. The molecule has 1 aliphatic rings. The van der Waals surface area contributed by atoms with Gasteiger partial charge in [-0.2, -0.15) is 0 Å². The second kappa shape index (κ2) is 6.78. The lowest BCUT2D eigenvalue weighted by atomic mass is 10.1. The molecule has 1 unspecified atom stereocenters. The summed E-state index contributed by atoms with van der Waals surface area (Å²) in [5.74, 6) is -1.12. The number of urea groups is 1. The third-order valence-corrected chi connectivity index (χ3v) is 3.69. The molecule has 2 amide bonds. The Kier molecular flexibility index (Phi) is 5.03. The van der Waals surface area contributed by atoms with Crippen LogP contribution in [0, 0.1) is 0 Å². The Morgan fingerprint density at radius 2 is 2.24 bits per heavy atom. The SMILES string of the molecule is COC1CCCN(C(=O)Nc2cc(Cl)ccc2C(=O)O)C1. The number of carboxylic acid groups (broad SMARTS) is 1. The van der Waals surface area contributed by atoms with Crippen LogP contribution in [0.1, 0.15) is 23.2 Å². The second-order valence-electron chi connectivity index (χ2n) is 4.87. The van der Waals surface area contributed by atoms with Gasteiger partial charge in [-0.05, 0) is 31.0 Å². The zero-order chi connectivity index (χ0) is 15.4. The molecule has 0 spiro atoms. The Balaban J connectivity index is 2.12. The van der Waals surface area contributed by atoms with E-state index in [4.69, 9.17) is 21.4 Å². The quantitative estimate of drug-likeness (QED) is 0.899. The number of carbonyl (C=O) groups excluding carboxylic acids is 1. The Labute approximate surface area is 127 Å². The lowest BCUT2D eigenvalue weighted by Crippen LogP contribution is -2.45. The average Bonchev–Trinajstić information content (AvgIpc) is 2.47. The first kappa shape index (κ1) is 15.6. The van der Waals surface area contributed by atoms with Crippen LogP contribution < -0.4 is 5.32 Å². The van der Waals surface area contributed by atoms with Crippen LogP contribution in [-0.2, 0) is 4.74 Å². The summed E-state index contributed by atoms with van der Waals surface area (Å²) in [7, 11) is 1.62. The summed E-state index contributed by atoms with van der Waals surface area (Å²) in [6, 6.07) is 3.93. The van der Waals surface area contributed by atoms with Crippen molar-refractivity contribution in [3.05, 3.63) is 28.8 Å². The van der Waals surface area contributed by atoms with Gasteiger partial charge in [0.2, 0.25) is 0 Å². The van der Waals surface area contributed by atoms with Crippen LogP contribution in [0.3, 0.4) is 0 Å². The summed E-state index contributed by atoms with van der Waals surface area (Å²) in [5.41, 5.74) is 0.201. The predicted molar refractivity (Wildman–Crippen MR) is 79.0 cm³/mol. The minimum Gasteiger partial charge on any atom is -0.478 e.